The van der Waals surface area contributed by atoms with Crippen molar-refractivity contribution >= 4 is 5.91 Å². The van der Waals surface area contributed by atoms with E-state index >= 15 is 0 Å². The summed E-state index contributed by atoms with van der Waals surface area (Å²) in [6.45, 7) is 8.35. The van der Waals surface area contributed by atoms with Crippen molar-refractivity contribution in [1.29, 1.82) is 0 Å². The molecule has 2 saturated heterocycles. The molecule has 2 heterocycles. The van der Waals surface area contributed by atoms with Gasteiger partial charge in [0, 0.05) is 30.2 Å². The summed E-state index contributed by atoms with van der Waals surface area (Å²) in [4.78, 5) is 18.6. The van der Waals surface area contributed by atoms with Crippen LogP contribution in [-0.4, -0.2) is 60.0 Å². The zero-order chi connectivity index (χ0) is 26.3. The molecule has 0 bridgehead atoms. The fraction of sp³-hybridized carbons (Fsp3) is 0.441. The molecule has 1 amide bonds. The monoisotopic (exact) mass is 509 g/mol. The molecular weight excluding hydrogens is 466 g/mol. The summed E-state index contributed by atoms with van der Waals surface area (Å²) in [7, 11) is 0. The van der Waals surface area contributed by atoms with E-state index in [1.165, 1.54) is 24.0 Å². The number of aryl methyl sites for hydroxylation is 2. The molecule has 4 nitrogen and oxygen atoms in total. The van der Waals surface area contributed by atoms with E-state index in [4.69, 9.17) is 0 Å². The summed E-state index contributed by atoms with van der Waals surface area (Å²) in [6.07, 6.45) is 6.55. The average molecular weight is 510 g/mol. The summed E-state index contributed by atoms with van der Waals surface area (Å²) in [5.74, 6) is 0.192. The van der Waals surface area contributed by atoms with Crippen molar-refractivity contribution in [2.45, 2.75) is 70.5 Å². The summed E-state index contributed by atoms with van der Waals surface area (Å²) in [6, 6.07) is 29.1. The first-order valence-corrected chi connectivity index (χ1v) is 14.5. The van der Waals surface area contributed by atoms with E-state index in [1.807, 2.05) is 0 Å². The summed E-state index contributed by atoms with van der Waals surface area (Å²) in [5.41, 5.74) is 5.87. The number of hydrogen-bond acceptors (Lipinski definition) is 3. The molecular formula is C34H43N3O. The SMILES string of the molecule is Cc1cc(C)cc(C(=O)N2CC[C@H](N3CCC(NCCc4ccccc4)CC3)C[C@H]2Cc2ccccc2)c1. The third-order valence-electron chi connectivity index (χ3n) is 8.47. The molecule has 1 N–H and O–H groups in total. The Morgan fingerprint density at radius 1 is 0.816 bits per heavy atom. The predicted octanol–water partition coefficient (Wildman–Crippen LogP) is 5.82. The Morgan fingerprint density at radius 2 is 1.45 bits per heavy atom. The van der Waals surface area contributed by atoms with Gasteiger partial charge in [0.2, 0.25) is 0 Å². The Kier molecular flexibility index (Phi) is 8.93. The van der Waals surface area contributed by atoms with Crippen LogP contribution in [0.4, 0.5) is 0 Å². The number of nitrogens with one attached hydrogen (secondary N) is 1. The van der Waals surface area contributed by atoms with Gasteiger partial charge in [0.15, 0.2) is 0 Å². The van der Waals surface area contributed by atoms with Crippen molar-refractivity contribution in [2.24, 2.45) is 0 Å². The van der Waals surface area contributed by atoms with E-state index in [9.17, 15) is 4.79 Å². The van der Waals surface area contributed by atoms with Crippen LogP contribution in [0, 0.1) is 13.8 Å². The number of likely N-dealkylation sites (tertiary alicyclic amines) is 2. The van der Waals surface area contributed by atoms with Gasteiger partial charge >= 0.3 is 0 Å². The van der Waals surface area contributed by atoms with Crippen LogP contribution in [-0.2, 0) is 12.8 Å². The third kappa shape index (κ3) is 6.92. The number of carbonyl (C=O) groups is 1. The second-order valence-electron chi connectivity index (χ2n) is 11.4. The van der Waals surface area contributed by atoms with E-state index in [2.05, 4.69) is 108 Å². The molecule has 0 saturated carbocycles. The Balaban J connectivity index is 1.20. The van der Waals surface area contributed by atoms with Crippen molar-refractivity contribution in [3.8, 4) is 0 Å². The third-order valence-corrected chi connectivity index (χ3v) is 8.47. The molecule has 2 aliphatic rings. The van der Waals surface area contributed by atoms with Crippen molar-refractivity contribution < 1.29 is 4.79 Å². The molecule has 200 valence electrons. The molecule has 3 aromatic rings. The molecule has 0 unspecified atom stereocenters. The van der Waals surface area contributed by atoms with Gasteiger partial charge in [0.25, 0.3) is 5.91 Å². The minimum Gasteiger partial charge on any atom is -0.335 e. The zero-order valence-corrected chi connectivity index (χ0v) is 23.1. The average Bonchev–Trinajstić information content (AvgIpc) is 2.94. The minimum atomic E-state index is 0.192. The van der Waals surface area contributed by atoms with Crippen molar-refractivity contribution in [3.05, 3.63) is 107 Å². The van der Waals surface area contributed by atoms with Crippen molar-refractivity contribution in [1.82, 2.24) is 15.1 Å². The van der Waals surface area contributed by atoms with Gasteiger partial charge in [-0.3, -0.25) is 4.79 Å². The van der Waals surface area contributed by atoms with E-state index in [0.717, 1.165) is 68.6 Å². The van der Waals surface area contributed by atoms with Gasteiger partial charge in [-0.15, -0.1) is 0 Å². The van der Waals surface area contributed by atoms with Gasteiger partial charge in [-0.05, 0) is 95.3 Å². The lowest BCUT2D eigenvalue weighted by molar-refractivity contribution is 0.0373. The molecule has 4 heteroatoms. The molecule has 2 aliphatic heterocycles. The summed E-state index contributed by atoms with van der Waals surface area (Å²) < 4.78 is 0. The number of amides is 1. The Labute approximate surface area is 229 Å². The molecule has 2 fully saturated rings. The molecule has 38 heavy (non-hydrogen) atoms. The lowest BCUT2D eigenvalue weighted by Gasteiger charge is -2.45. The molecule has 0 radical (unpaired) electrons. The highest BCUT2D eigenvalue weighted by atomic mass is 16.2. The largest absolute Gasteiger partial charge is 0.335 e. The summed E-state index contributed by atoms with van der Waals surface area (Å²) in [5, 5.41) is 3.80. The molecule has 2 atom stereocenters. The van der Waals surface area contributed by atoms with Gasteiger partial charge in [0.05, 0.1) is 0 Å². The highest BCUT2D eigenvalue weighted by Gasteiger charge is 2.35. The number of piperidine rings is 2. The smallest absolute Gasteiger partial charge is 0.254 e. The van der Waals surface area contributed by atoms with Crippen LogP contribution in [0.25, 0.3) is 0 Å². The van der Waals surface area contributed by atoms with Crippen LogP contribution in [0.5, 0.6) is 0 Å². The van der Waals surface area contributed by atoms with E-state index in [-0.39, 0.29) is 11.9 Å². The predicted molar refractivity (Wildman–Crippen MR) is 157 cm³/mol. The first-order valence-electron chi connectivity index (χ1n) is 14.5. The van der Waals surface area contributed by atoms with Crippen LogP contribution < -0.4 is 5.32 Å². The number of nitrogens with zero attached hydrogens (tertiary/aromatic N) is 2. The number of benzene rings is 3. The quantitative estimate of drug-likeness (QED) is 0.416. The Morgan fingerprint density at radius 3 is 2.11 bits per heavy atom. The van der Waals surface area contributed by atoms with Crippen molar-refractivity contribution in [3.63, 3.8) is 0 Å². The molecule has 0 aliphatic carbocycles. The number of carbonyl (C=O) groups excluding carboxylic acids is 1. The summed E-state index contributed by atoms with van der Waals surface area (Å²) >= 11 is 0. The second-order valence-corrected chi connectivity index (χ2v) is 11.4. The highest BCUT2D eigenvalue weighted by Crippen LogP contribution is 2.28. The lowest BCUT2D eigenvalue weighted by atomic mass is 9.89. The first-order chi connectivity index (χ1) is 18.5. The van der Waals surface area contributed by atoms with Crippen LogP contribution in [0.3, 0.4) is 0 Å². The number of hydrogen-bond donors (Lipinski definition) is 1. The molecule has 5 rings (SSSR count). The van der Waals surface area contributed by atoms with Gasteiger partial charge in [0.1, 0.15) is 0 Å². The first kappa shape index (κ1) is 26.6. The van der Waals surface area contributed by atoms with Gasteiger partial charge in [-0.2, -0.15) is 0 Å². The van der Waals surface area contributed by atoms with Crippen LogP contribution in [0.15, 0.2) is 78.9 Å². The maximum Gasteiger partial charge on any atom is 0.254 e. The highest BCUT2D eigenvalue weighted by molar-refractivity contribution is 5.95. The van der Waals surface area contributed by atoms with Gasteiger partial charge in [-0.25, -0.2) is 0 Å². The topological polar surface area (TPSA) is 35.6 Å². The minimum absolute atomic E-state index is 0.192. The van der Waals surface area contributed by atoms with Crippen LogP contribution in [0.2, 0.25) is 0 Å². The zero-order valence-electron chi connectivity index (χ0n) is 23.1. The standard InChI is InChI=1S/C34H43N3O/c1-26-21-27(2)23-30(22-26)34(38)37-20-16-32(25-33(37)24-29-11-7-4-8-12-29)36-18-14-31(15-19-36)35-17-13-28-9-5-3-6-10-28/h3-12,21-23,31-33,35H,13-20,24-25H2,1-2H3/t32-,33+/m0/s1. The van der Waals surface area contributed by atoms with Gasteiger partial charge < -0.3 is 15.1 Å². The molecule has 3 aromatic carbocycles. The van der Waals surface area contributed by atoms with Gasteiger partial charge in [-0.1, -0.05) is 77.9 Å². The fourth-order valence-electron chi connectivity index (χ4n) is 6.51. The normalized spacial score (nSPS) is 20.9. The van der Waals surface area contributed by atoms with E-state index < -0.39 is 0 Å². The van der Waals surface area contributed by atoms with Crippen molar-refractivity contribution in [2.75, 3.05) is 26.2 Å². The molecule has 0 spiro atoms. The maximum atomic E-state index is 13.7. The van der Waals surface area contributed by atoms with Crippen LogP contribution >= 0.6 is 0 Å². The van der Waals surface area contributed by atoms with E-state index in [0.29, 0.717) is 12.1 Å². The number of rotatable bonds is 8. The fourth-order valence-corrected chi connectivity index (χ4v) is 6.51. The molecule has 0 aromatic heterocycles. The maximum absolute atomic E-state index is 13.7. The Hall–Kier alpha value is -2.95. The van der Waals surface area contributed by atoms with Crippen LogP contribution in [0.1, 0.15) is 58.3 Å². The lowest BCUT2D eigenvalue weighted by Crippen LogP contribution is -2.55. The second kappa shape index (κ2) is 12.7. The Bertz CT molecular complexity index is 1150. The van der Waals surface area contributed by atoms with E-state index in [1.54, 1.807) is 0 Å².